The molecule has 0 aliphatic carbocycles. The Kier molecular flexibility index (Phi) is 2.26. The average molecular weight is 246 g/mol. The minimum absolute atomic E-state index is 0.194. The van der Waals surface area contributed by atoms with Gasteiger partial charge in [-0.15, -0.1) is 11.3 Å². The summed E-state index contributed by atoms with van der Waals surface area (Å²) in [5.41, 5.74) is 0.702. The Morgan fingerprint density at radius 3 is 2.71 bits per heavy atom. The van der Waals surface area contributed by atoms with Crippen molar-refractivity contribution in [2.45, 2.75) is 0 Å². The summed E-state index contributed by atoms with van der Waals surface area (Å²) in [5, 5.41) is 6.94. The van der Waals surface area contributed by atoms with Crippen LogP contribution in [0.4, 0.5) is 4.39 Å². The van der Waals surface area contributed by atoms with Crippen molar-refractivity contribution in [1.29, 1.82) is 0 Å². The lowest BCUT2D eigenvalue weighted by molar-refractivity contribution is 0.628. The molecule has 0 bridgehead atoms. The number of benzene rings is 1. The first-order valence-electron chi connectivity index (χ1n) is 4.97. The molecule has 1 N–H and O–H groups in total. The lowest BCUT2D eigenvalue weighted by Gasteiger charge is -1.95. The molecule has 0 atom stereocenters. The van der Waals surface area contributed by atoms with Crippen LogP contribution < -0.4 is 5.56 Å². The van der Waals surface area contributed by atoms with Gasteiger partial charge in [0.2, 0.25) is 0 Å². The standard InChI is InChI=1S/C12H7FN2OS/c13-9-3-1-7(2-4-9)10-5-8-6-14-15-12(16)11(8)17-10/h1-6H,(H,15,16). The second kappa shape index (κ2) is 3.78. The molecule has 17 heavy (non-hydrogen) atoms. The van der Waals surface area contributed by atoms with E-state index in [1.54, 1.807) is 18.3 Å². The zero-order valence-corrected chi connectivity index (χ0v) is 9.42. The van der Waals surface area contributed by atoms with Gasteiger partial charge in [-0.2, -0.15) is 5.10 Å². The summed E-state index contributed by atoms with van der Waals surface area (Å²) in [6.07, 6.45) is 1.61. The van der Waals surface area contributed by atoms with Gasteiger partial charge in [-0.3, -0.25) is 4.79 Å². The van der Waals surface area contributed by atoms with E-state index in [1.165, 1.54) is 23.5 Å². The number of hydrogen-bond acceptors (Lipinski definition) is 3. The summed E-state index contributed by atoms with van der Waals surface area (Å²) in [7, 11) is 0. The molecule has 3 aromatic rings. The van der Waals surface area contributed by atoms with Gasteiger partial charge >= 0.3 is 0 Å². The maximum absolute atomic E-state index is 12.8. The molecule has 1 aromatic carbocycles. The van der Waals surface area contributed by atoms with Gasteiger partial charge in [0.05, 0.1) is 6.20 Å². The molecule has 0 saturated carbocycles. The molecule has 0 aliphatic rings. The summed E-state index contributed by atoms with van der Waals surface area (Å²) in [6.45, 7) is 0. The molecule has 0 amide bonds. The molecular formula is C12H7FN2OS. The third-order valence-corrected chi connectivity index (χ3v) is 3.66. The van der Waals surface area contributed by atoms with Gasteiger partial charge < -0.3 is 0 Å². The van der Waals surface area contributed by atoms with Gasteiger partial charge in [-0.25, -0.2) is 9.49 Å². The zero-order valence-electron chi connectivity index (χ0n) is 8.61. The topological polar surface area (TPSA) is 45.8 Å². The first-order valence-corrected chi connectivity index (χ1v) is 5.79. The summed E-state index contributed by atoms with van der Waals surface area (Å²) in [6, 6.07) is 8.09. The maximum Gasteiger partial charge on any atom is 0.282 e. The predicted molar refractivity (Wildman–Crippen MR) is 65.6 cm³/mol. The smallest absolute Gasteiger partial charge is 0.266 e. The van der Waals surface area contributed by atoms with E-state index < -0.39 is 0 Å². The highest BCUT2D eigenvalue weighted by molar-refractivity contribution is 7.22. The Hall–Kier alpha value is -2.01. The Morgan fingerprint density at radius 2 is 2.00 bits per heavy atom. The SMILES string of the molecule is O=c1[nH]ncc2cc(-c3ccc(F)cc3)sc12. The van der Waals surface area contributed by atoms with E-state index in [-0.39, 0.29) is 11.4 Å². The minimum atomic E-state index is -0.269. The number of thiophene rings is 1. The van der Waals surface area contributed by atoms with Crippen LogP contribution in [0, 0.1) is 5.82 Å². The number of rotatable bonds is 1. The lowest BCUT2D eigenvalue weighted by Crippen LogP contribution is -2.04. The molecule has 0 saturated heterocycles. The van der Waals surface area contributed by atoms with E-state index >= 15 is 0 Å². The van der Waals surface area contributed by atoms with Crippen LogP contribution in [0.1, 0.15) is 0 Å². The van der Waals surface area contributed by atoms with Gasteiger partial charge in [0.15, 0.2) is 0 Å². The fraction of sp³-hybridized carbons (Fsp3) is 0. The summed E-state index contributed by atoms with van der Waals surface area (Å²) in [5.74, 6) is -0.269. The third-order valence-electron chi connectivity index (χ3n) is 2.47. The van der Waals surface area contributed by atoms with Crippen molar-refractivity contribution in [3.63, 3.8) is 0 Å². The van der Waals surface area contributed by atoms with Crippen LogP contribution in [0.3, 0.4) is 0 Å². The maximum atomic E-state index is 12.8. The van der Waals surface area contributed by atoms with Crippen LogP contribution in [0.15, 0.2) is 41.3 Å². The Morgan fingerprint density at radius 1 is 1.24 bits per heavy atom. The lowest BCUT2D eigenvalue weighted by atomic mass is 10.2. The predicted octanol–water partition coefficient (Wildman–Crippen LogP) is 2.79. The normalized spacial score (nSPS) is 10.9. The van der Waals surface area contributed by atoms with Crippen molar-refractivity contribution in [1.82, 2.24) is 10.2 Å². The number of fused-ring (bicyclic) bond motifs is 1. The molecular weight excluding hydrogens is 239 g/mol. The van der Waals surface area contributed by atoms with Crippen LogP contribution in [0.5, 0.6) is 0 Å². The van der Waals surface area contributed by atoms with Crippen LogP contribution in [0.2, 0.25) is 0 Å². The van der Waals surface area contributed by atoms with Gasteiger partial charge in [-0.1, -0.05) is 12.1 Å². The van der Waals surface area contributed by atoms with Crippen molar-refractivity contribution in [2.24, 2.45) is 0 Å². The highest BCUT2D eigenvalue weighted by atomic mass is 32.1. The van der Waals surface area contributed by atoms with E-state index in [2.05, 4.69) is 10.2 Å². The molecule has 0 spiro atoms. The number of hydrogen-bond donors (Lipinski definition) is 1. The van der Waals surface area contributed by atoms with Crippen molar-refractivity contribution >= 4 is 21.4 Å². The third kappa shape index (κ3) is 1.74. The van der Waals surface area contributed by atoms with Crippen molar-refractivity contribution < 1.29 is 4.39 Å². The first kappa shape index (κ1) is 10.2. The van der Waals surface area contributed by atoms with E-state index in [9.17, 15) is 9.18 Å². The van der Waals surface area contributed by atoms with Crippen LogP contribution in [-0.2, 0) is 0 Å². The second-order valence-electron chi connectivity index (χ2n) is 3.60. The van der Waals surface area contributed by atoms with Crippen molar-refractivity contribution in [2.75, 3.05) is 0 Å². The van der Waals surface area contributed by atoms with E-state index in [0.29, 0.717) is 4.70 Å². The Balaban J connectivity index is 2.21. The molecule has 0 unspecified atom stereocenters. The highest BCUT2D eigenvalue weighted by Crippen LogP contribution is 2.31. The molecule has 2 heterocycles. The van der Waals surface area contributed by atoms with Gasteiger partial charge in [0.1, 0.15) is 10.5 Å². The molecule has 2 aromatic heterocycles. The van der Waals surface area contributed by atoms with Gasteiger partial charge in [0.25, 0.3) is 5.56 Å². The summed E-state index contributed by atoms with van der Waals surface area (Å²) in [4.78, 5) is 12.4. The second-order valence-corrected chi connectivity index (χ2v) is 4.65. The van der Waals surface area contributed by atoms with Crippen LogP contribution >= 0.6 is 11.3 Å². The van der Waals surface area contributed by atoms with Crippen molar-refractivity contribution in [3.8, 4) is 10.4 Å². The number of H-pyrrole nitrogens is 1. The van der Waals surface area contributed by atoms with Crippen LogP contribution in [-0.4, -0.2) is 10.2 Å². The molecule has 5 heteroatoms. The number of aromatic amines is 1. The van der Waals surface area contributed by atoms with E-state index in [4.69, 9.17) is 0 Å². The Bertz CT molecular complexity index is 730. The molecule has 3 nitrogen and oxygen atoms in total. The summed E-state index contributed by atoms with van der Waals surface area (Å²) < 4.78 is 13.4. The first-order chi connectivity index (χ1) is 8.24. The monoisotopic (exact) mass is 246 g/mol. The highest BCUT2D eigenvalue weighted by Gasteiger charge is 2.07. The van der Waals surface area contributed by atoms with Gasteiger partial charge in [0, 0.05) is 10.3 Å². The fourth-order valence-electron chi connectivity index (χ4n) is 1.65. The minimum Gasteiger partial charge on any atom is -0.266 e. The zero-order chi connectivity index (χ0) is 11.8. The molecule has 0 aliphatic heterocycles. The molecule has 0 radical (unpaired) electrons. The number of nitrogens with one attached hydrogen (secondary N) is 1. The molecule has 84 valence electrons. The Labute approximate surface area is 99.5 Å². The molecule has 3 rings (SSSR count). The largest absolute Gasteiger partial charge is 0.282 e. The molecule has 0 fully saturated rings. The average Bonchev–Trinajstić information content (AvgIpc) is 2.75. The van der Waals surface area contributed by atoms with Crippen molar-refractivity contribution in [3.05, 3.63) is 52.7 Å². The number of nitrogens with zero attached hydrogens (tertiary/aromatic N) is 1. The van der Waals surface area contributed by atoms with E-state index in [1.807, 2.05) is 6.07 Å². The van der Waals surface area contributed by atoms with E-state index in [0.717, 1.165) is 15.8 Å². The quantitative estimate of drug-likeness (QED) is 0.717. The summed E-state index contributed by atoms with van der Waals surface area (Å²) >= 11 is 1.38. The number of aromatic nitrogens is 2. The van der Waals surface area contributed by atoms with Crippen LogP contribution in [0.25, 0.3) is 20.5 Å². The number of halogens is 1. The fourth-order valence-corrected chi connectivity index (χ4v) is 2.67. The van der Waals surface area contributed by atoms with Gasteiger partial charge in [-0.05, 0) is 23.8 Å².